The standard InChI is InChI=1S/C21H19NO2S/c1-16-12-14-18(15-13-16)17(2)20-10-6-7-11-21(20)22-25(23,24)19-8-4-3-5-9-19/h3-15,22H,2H2,1H3. The lowest BCUT2D eigenvalue weighted by atomic mass is 9.97. The van der Waals surface area contributed by atoms with Crippen molar-refractivity contribution in [3.05, 3.63) is 102 Å². The van der Waals surface area contributed by atoms with Crippen LogP contribution in [-0.2, 0) is 10.0 Å². The Morgan fingerprint density at radius 2 is 1.44 bits per heavy atom. The van der Waals surface area contributed by atoms with Gasteiger partial charge in [0, 0.05) is 5.56 Å². The maximum absolute atomic E-state index is 12.6. The quantitative estimate of drug-likeness (QED) is 0.715. The van der Waals surface area contributed by atoms with E-state index in [1.54, 1.807) is 42.5 Å². The van der Waals surface area contributed by atoms with E-state index >= 15 is 0 Å². The molecule has 126 valence electrons. The first-order valence-electron chi connectivity index (χ1n) is 7.90. The Hall–Kier alpha value is -2.85. The molecule has 0 bridgehead atoms. The minimum atomic E-state index is -3.65. The topological polar surface area (TPSA) is 46.2 Å². The fraction of sp³-hybridized carbons (Fsp3) is 0.0476. The zero-order chi connectivity index (χ0) is 17.9. The highest BCUT2D eigenvalue weighted by atomic mass is 32.2. The molecule has 0 aliphatic rings. The summed E-state index contributed by atoms with van der Waals surface area (Å²) in [5.41, 5.74) is 4.15. The Kier molecular flexibility index (Phi) is 4.72. The third-order valence-corrected chi connectivity index (χ3v) is 5.33. The summed E-state index contributed by atoms with van der Waals surface area (Å²) in [5, 5.41) is 0. The summed E-state index contributed by atoms with van der Waals surface area (Å²) in [5.74, 6) is 0. The maximum Gasteiger partial charge on any atom is 0.261 e. The van der Waals surface area contributed by atoms with Crippen LogP contribution in [0.3, 0.4) is 0 Å². The van der Waals surface area contributed by atoms with Crippen LogP contribution in [0.4, 0.5) is 5.69 Å². The number of anilines is 1. The summed E-state index contributed by atoms with van der Waals surface area (Å²) < 4.78 is 27.9. The molecule has 0 saturated heterocycles. The Balaban J connectivity index is 1.97. The lowest BCUT2D eigenvalue weighted by molar-refractivity contribution is 0.601. The molecule has 0 aliphatic heterocycles. The number of para-hydroxylation sites is 1. The summed E-state index contributed by atoms with van der Waals surface area (Å²) in [7, 11) is -3.65. The van der Waals surface area contributed by atoms with E-state index < -0.39 is 10.0 Å². The van der Waals surface area contributed by atoms with Crippen LogP contribution in [0.25, 0.3) is 5.57 Å². The predicted molar refractivity (Wildman–Crippen MR) is 103 cm³/mol. The highest BCUT2D eigenvalue weighted by Gasteiger charge is 2.16. The molecule has 3 aromatic carbocycles. The molecule has 3 nitrogen and oxygen atoms in total. The first kappa shape index (κ1) is 17.0. The van der Waals surface area contributed by atoms with Gasteiger partial charge in [-0.05, 0) is 36.3 Å². The van der Waals surface area contributed by atoms with Gasteiger partial charge in [-0.2, -0.15) is 0 Å². The van der Waals surface area contributed by atoms with Crippen LogP contribution in [0, 0.1) is 6.92 Å². The van der Waals surface area contributed by atoms with E-state index in [4.69, 9.17) is 0 Å². The monoisotopic (exact) mass is 349 g/mol. The van der Waals surface area contributed by atoms with E-state index in [1.807, 2.05) is 43.3 Å². The van der Waals surface area contributed by atoms with Crippen LogP contribution >= 0.6 is 0 Å². The summed E-state index contributed by atoms with van der Waals surface area (Å²) in [6.45, 7) is 6.18. The lowest BCUT2D eigenvalue weighted by Gasteiger charge is -2.15. The molecular formula is C21H19NO2S. The van der Waals surface area contributed by atoms with Gasteiger partial charge in [-0.3, -0.25) is 4.72 Å². The molecule has 1 N–H and O–H groups in total. The van der Waals surface area contributed by atoms with Crippen LogP contribution in [0.5, 0.6) is 0 Å². The van der Waals surface area contributed by atoms with Gasteiger partial charge in [0.25, 0.3) is 10.0 Å². The average molecular weight is 349 g/mol. The highest BCUT2D eigenvalue weighted by molar-refractivity contribution is 7.92. The Morgan fingerprint density at radius 3 is 2.12 bits per heavy atom. The summed E-state index contributed by atoms with van der Waals surface area (Å²) >= 11 is 0. The Morgan fingerprint density at radius 1 is 0.840 bits per heavy atom. The van der Waals surface area contributed by atoms with Gasteiger partial charge in [0.2, 0.25) is 0 Å². The zero-order valence-corrected chi connectivity index (χ0v) is 14.8. The van der Waals surface area contributed by atoms with Gasteiger partial charge in [-0.25, -0.2) is 8.42 Å². The van der Waals surface area contributed by atoms with Crippen molar-refractivity contribution in [2.45, 2.75) is 11.8 Å². The van der Waals surface area contributed by atoms with Crippen molar-refractivity contribution in [2.75, 3.05) is 4.72 Å². The Labute approximate surface area is 148 Å². The van der Waals surface area contributed by atoms with Crippen molar-refractivity contribution in [3.8, 4) is 0 Å². The minimum absolute atomic E-state index is 0.228. The van der Waals surface area contributed by atoms with Gasteiger partial charge in [0.1, 0.15) is 0 Å². The SMILES string of the molecule is C=C(c1ccc(C)cc1)c1ccccc1NS(=O)(=O)c1ccccc1. The second-order valence-corrected chi connectivity index (χ2v) is 7.49. The smallest absolute Gasteiger partial charge is 0.261 e. The molecule has 0 amide bonds. The highest BCUT2D eigenvalue weighted by Crippen LogP contribution is 2.29. The summed E-state index contributed by atoms with van der Waals surface area (Å²) in [6, 6.07) is 23.6. The molecule has 0 atom stereocenters. The molecule has 0 saturated carbocycles. The van der Waals surface area contributed by atoms with Gasteiger partial charge in [-0.1, -0.05) is 72.8 Å². The zero-order valence-electron chi connectivity index (χ0n) is 13.9. The van der Waals surface area contributed by atoms with Gasteiger partial charge >= 0.3 is 0 Å². The maximum atomic E-state index is 12.6. The number of hydrogen-bond acceptors (Lipinski definition) is 2. The molecule has 4 heteroatoms. The van der Waals surface area contributed by atoms with Gasteiger partial charge in [0.05, 0.1) is 10.6 Å². The predicted octanol–water partition coefficient (Wildman–Crippen LogP) is 4.86. The molecule has 0 unspecified atom stereocenters. The van der Waals surface area contributed by atoms with Gasteiger partial charge in [0.15, 0.2) is 0 Å². The largest absolute Gasteiger partial charge is 0.279 e. The first-order valence-corrected chi connectivity index (χ1v) is 9.39. The average Bonchev–Trinajstić information content (AvgIpc) is 2.63. The molecule has 0 aromatic heterocycles. The van der Waals surface area contributed by atoms with Crippen molar-refractivity contribution < 1.29 is 8.42 Å². The molecule has 0 radical (unpaired) electrons. The van der Waals surface area contributed by atoms with E-state index in [1.165, 1.54) is 0 Å². The fourth-order valence-corrected chi connectivity index (χ4v) is 3.65. The van der Waals surface area contributed by atoms with Crippen molar-refractivity contribution in [3.63, 3.8) is 0 Å². The normalized spacial score (nSPS) is 11.1. The summed E-state index contributed by atoms with van der Waals surface area (Å²) in [4.78, 5) is 0.228. The number of sulfonamides is 1. The molecule has 0 heterocycles. The number of aryl methyl sites for hydroxylation is 1. The van der Waals surface area contributed by atoms with E-state index in [0.29, 0.717) is 5.69 Å². The first-order chi connectivity index (χ1) is 12.0. The van der Waals surface area contributed by atoms with Crippen LogP contribution in [0.1, 0.15) is 16.7 Å². The molecule has 0 fully saturated rings. The fourth-order valence-electron chi connectivity index (χ4n) is 2.55. The number of hydrogen-bond donors (Lipinski definition) is 1. The third kappa shape index (κ3) is 3.80. The van der Waals surface area contributed by atoms with Crippen LogP contribution in [0.15, 0.2) is 90.3 Å². The minimum Gasteiger partial charge on any atom is -0.279 e. The van der Waals surface area contributed by atoms with Gasteiger partial charge < -0.3 is 0 Å². The van der Waals surface area contributed by atoms with Crippen LogP contribution in [-0.4, -0.2) is 8.42 Å². The second kappa shape index (κ2) is 6.95. The molecular weight excluding hydrogens is 330 g/mol. The van der Waals surface area contributed by atoms with Crippen molar-refractivity contribution >= 4 is 21.3 Å². The van der Waals surface area contributed by atoms with Crippen LogP contribution < -0.4 is 4.72 Å². The van der Waals surface area contributed by atoms with Gasteiger partial charge in [-0.15, -0.1) is 0 Å². The van der Waals surface area contributed by atoms with Crippen molar-refractivity contribution in [1.82, 2.24) is 0 Å². The second-order valence-electron chi connectivity index (χ2n) is 5.81. The molecule has 0 aliphatic carbocycles. The molecule has 0 spiro atoms. The molecule has 3 aromatic rings. The van der Waals surface area contributed by atoms with E-state index in [2.05, 4.69) is 11.3 Å². The number of benzene rings is 3. The Bertz CT molecular complexity index is 992. The van der Waals surface area contributed by atoms with E-state index in [0.717, 1.165) is 22.3 Å². The third-order valence-electron chi connectivity index (χ3n) is 3.95. The van der Waals surface area contributed by atoms with Crippen molar-refractivity contribution in [1.29, 1.82) is 0 Å². The van der Waals surface area contributed by atoms with Crippen molar-refractivity contribution in [2.24, 2.45) is 0 Å². The van der Waals surface area contributed by atoms with E-state index in [9.17, 15) is 8.42 Å². The van der Waals surface area contributed by atoms with E-state index in [-0.39, 0.29) is 4.90 Å². The molecule has 3 rings (SSSR count). The number of rotatable bonds is 5. The lowest BCUT2D eigenvalue weighted by Crippen LogP contribution is -2.14. The summed E-state index contributed by atoms with van der Waals surface area (Å²) in [6.07, 6.45) is 0. The number of nitrogens with one attached hydrogen (secondary N) is 1. The van der Waals surface area contributed by atoms with Crippen LogP contribution in [0.2, 0.25) is 0 Å². The molecule has 25 heavy (non-hydrogen) atoms.